The smallest absolute Gasteiger partial charge is 0.229 e. The van der Waals surface area contributed by atoms with Gasteiger partial charge in [-0.15, -0.1) is 0 Å². The third-order valence-electron chi connectivity index (χ3n) is 3.17. The number of benzene rings is 1. The number of rotatable bonds is 7. The summed E-state index contributed by atoms with van der Waals surface area (Å²) in [5, 5.41) is 6.10. The van der Waals surface area contributed by atoms with Crippen LogP contribution in [0.1, 0.15) is 25.3 Å². The molecule has 1 aromatic carbocycles. The number of nitrogens with one attached hydrogen (secondary N) is 2. The summed E-state index contributed by atoms with van der Waals surface area (Å²) < 4.78 is 1.00. The fraction of sp³-hybridized carbons (Fsp3) is 0.294. The molecule has 0 aliphatic heterocycles. The first-order valence-electron chi connectivity index (χ1n) is 7.41. The molecule has 0 saturated carbocycles. The van der Waals surface area contributed by atoms with Crippen LogP contribution >= 0.6 is 15.9 Å². The van der Waals surface area contributed by atoms with Gasteiger partial charge in [0.25, 0.3) is 0 Å². The molecule has 0 aliphatic carbocycles. The summed E-state index contributed by atoms with van der Waals surface area (Å²) in [5.41, 5.74) is 1.94. The van der Waals surface area contributed by atoms with Crippen LogP contribution < -0.4 is 10.6 Å². The van der Waals surface area contributed by atoms with Crippen LogP contribution in [0.5, 0.6) is 0 Å². The maximum Gasteiger partial charge on any atom is 0.229 e. The number of pyridine rings is 1. The number of anilines is 2. The Kier molecular flexibility index (Phi) is 6.40. The molecule has 0 aliphatic rings. The molecule has 0 fully saturated rings. The predicted molar refractivity (Wildman–Crippen MR) is 94.1 cm³/mol. The molecule has 22 heavy (non-hydrogen) atoms. The highest BCUT2D eigenvalue weighted by atomic mass is 79.9. The number of carbonyl (C=O) groups is 1. The molecule has 0 bridgehead atoms. The molecule has 0 saturated heterocycles. The van der Waals surface area contributed by atoms with Crippen molar-refractivity contribution in [3.05, 3.63) is 52.6 Å². The standard InChI is InChI=1S/C17H20BrN3O/c1-2-3-10-19-15-8-9-16(20-12-15)21-17(22)11-13-4-6-14(18)7-5-13/h4-9,12,19H,2-3,10-11H2,1H3,(H,20,21,22). The van der Waals surface area contributed by atoms with Crippen molar-refractivity contribution >= 4 is 33.3 Å². The van der Waals surface area contributed by atoms with E-state index >= 15 is 0 Å². The van der Waals surface area contributed by atoms with Crippen LogP contribution in [0.25, 0.3) is 0 Å². The van der Waals surface area contributed by atoms with E-state index in [4.69, 9.17) is 0 Å². The molecule has 4 nitrogen and oxygen atoms in total. The molecule has 1 amide bonds. The number of hydrogen-bond acceptors (Lipinski definition) is 3. The molecule has 0 unspecified atom stereocenters. The van der Waals surface area contributed by atoms with Gasteiger partial charge in [0.1, 0.15) is 5.82 Å². The Balaban J connectivity index is 1.84. The van der Waals surface area contributed by atoms with E-state index in [1.807, 2.05) is 36.4 Å². The molecular weight excluding hydrogens is 342 g/mol. The van der Waals surface area contributed by atoms with Crippen molar-refractivity contribution in [1.82, 2.24) is 4.98 Å². The number of amides is 1. The van der Waals surface area contributed by atoms with Crippen LogP contribution in [0, 0.1) is 0 Å². The van der Waals surface area contributed by atoms with Gasteiger partial charge >= 0.3 is 0 Å². The van der Waals surface area contributed by atoms with E-state index in [1.165, 1.54) is 0 Å². The highest BCUT2D eigenvalue weighted by Crippen LogP contribution is 2.13. The SMILES string of the molecule is CCCCNc1ccc(NC(=O)Cc2ccc(Br)cc2)nc1. The minimum absolute atomic E-state index is 0.0680. The van der Waals surface area contributed by atoms with Gasteiger partial charge in [-0.3, -0.25) is 4.79 Å². The summed E-state index contributed by atoms with van der Waals surface area (Å²) in [5.74, 6) is 0.504. The fourth-order valence-electron chi connectivity index (χ4n) is 1.96. The number of hydrogen-bond donors (Lipinski definition) is 2. The van der Waals surface area contributed by atoms with E-state index in [9.17, 15) is 4.79 Å². The van der Waals surface area contributed by atoms with Gasteiger partial charge in [0.15, 0.2) is 0 Å². The molecule has 2 aromatic rings. The Morgan fingerprint density at radius 3 is 2.59 bits per heavy atom. The molecule has 0 atom stereocenters. The van der Waals surface area contributed by atoms with Crippen LogP contribution in [0.15, 0.2) is 47.1 Å². The molecular formula is C17H20BrN3O. The van der Waals surface area contributed by atoms with Gasteiger partial charge < -0.3 is 10.6 Å². The van der Waals surface area contributed by atoms with Crippen molar-refractivity contribution in [1.29, 1.82) is 0 Å². The zero-order valence-electron chi connectivity index (χ0n) is 12.6. The zero-order valence-corrected chi connectivity index (χ0v) is 14.2. The van der Waals surface area contributed by atoms with Crippen molar-refractivity contribution < 1.29 is 4.79 Å². The van der Waals surface area contributed by atoms with E-state index in [2.05, 4.69) is 38.5 Å². The monoisotopic (exact) mass is 361 g/mol. The van der Waals surface area contributed by atoms with Crippen molar-refractivity contribution in [2.45, 2.75) is 26.2 Å². The highest BCUT2D eigenvalue weighted by molar-refractivity contribution is 9.10. The van der Waals surface area contributed by atoms with Gasteiger partial charge in [0, 0.05) is 11.0 Å². The van der Waals surface area contributed by atoms with Crippen LogP contribution in [-0.4, -0.2) is 17.4 Å². The average molecular weight is 362 g/mol. The van der Waals surface area contributed by atoms with Gasteiger partial charge in [-0.25, -0.2) is 4.98 Å². The third-order valence-corrected chi connectivity index (χ3v) is 3.70. The van der Waals surface area contributed by atoms with Gasteiger partial charge in [0.05, 0.1) is 18.3 Å². The molecule has 2 N–H and O–H groups in total. The lowest BCUT2D eigenvalue weighted by Gasteiger charge is -2.07. The van der Waals surface area contributed by atoms with E-state index in [1.54, 1.807) is 6.20 Å². The topological polar surface area (TPSA) is 54.0 Å². The van der Waals surface area contributed by atoms with Crippen LogP contribution in [-0.2, 0) is 11.2 Å². The van der Waals surface area contributed by atoms with Gasteiger partial charge in [-0.2, -0.15) is 0 Å². The van der Waals surface area contributed by atoms with E-state index in [0.29, 0.717) is 12.2 Å². The second-order valence-corrected chi connectivity index (χ2v) is 5.98. The normalized spacial score (nSPS) is 10.3. The maximum absolute atomic E-state index is 12.0. The van der Waals surface area contributed by atoms with Gasteiger partial charge in [-0.05, 0) is 36.2 Å². The van der Waals surface area contributed by atoms with Crippen molar-refractivity contribution in [2.75, 3.05) is 17.2 Å². The lowest BCUT2D eigenvalue weighted by atomic mass is 10.1. The quantitative estimate of drug-likeness (QED) is 0.725. The highest BCUT2D eigenvalue weighted by Gasteiger charge is 2.05. The lowest BCUT2D eigenvalue weighted by molar-refractivity contribution is -0.115. The van der Waals surface area contributed by atoms with Crippen LogP contribution in [0.3, 0.4) is 0 Å². The minimum Gasteiger partial charge on any atom is -0.384 e. The Morgan fingerprint density at radius 2 is 1.95 bits per heavy atom. The second kappa shape index (κ2) is 8.54. The Labute approximate surface area is 139 Å². The first kappa shape index (κ1) is 16.5. The summed E-state index contributed by atoms with van der Waals surface area (Å²) in [7, 11) is 0. The average Bonchev–Trinajstić information content (AvgIpc) is 2.51. The summed E-state index contributed by atoms with van der Waals surface area (Å²) >= 11 is 3.38. The third kappa shape index (κ3) is 5.48. The lowest BCUT2D eigenvalue weighted by Crippen LogP contribution is -2.15. The predicted octanol–water partition coefficient (Wildman–Crippen LogP) is 4.24. The number of aromatic nitrogens is 1. The van der Waals surface area contributed by atoms with E-state index < -0.39 is 0 Å². The fourth-order valence-corrected chi connectivity index (χ4v) is 2.22. The summed E-state index contributed by atoms with van der Waals surface area (Å²) in [6.45, 7) is 3.09. The molecule has 0 spiro atoms. The van der Waals surface area contributed by atoms with Crippen molar-refractivity contribution in [3.8, 4) is 0 Å². The van der Waals surface area contributed by atoms with Crippen LogP contribution in [0.4, 0.5) is 11.5 Å². The second-order valence-electron chi connectivity index (χ2n) is 5.06. The van der Waals surface area contributed by atoms with Crippen LogP contribution in [0.2, 0.25) is 0 Å². The van der Waals surface area contributed by atoms with E-state index in [0.717, 1.165) is 35.1 Å². The number of unbranched alkanes of at least 4 members (excludes halogenated alkanes) is 1. The van der Waals surface area contributed by atoms with Crippen molar-refractivity contribution in [2.24, 2.45) is 0 Å². The number of halogens is 1. The molecule has 116 valence electrons. The molecule has 0 radical (unpaired) electrons. The zero-order chi connectivity index (χ0) is 15.8. The Morgan fingerprint density at radius 1 is 1.18 bits per heavy atom. The van der Waals surface area contributed by atoms with E-state index in [-0.39, 0.29) is 5.91 Å². The summed E-state index contributed by atoms with van der Waals surface area (Å²) in [6, 6.07) is 11.5. The largest absolute Gasteiger partial charge is 0.384 e. The molecule has 2 rings (SSSR count). The first-order chi connectivity index (χ1) is 10.7. The molecule has 1 heterocycles. The summed E-state index contributed by atoms with van der Waals surface area (Å²) in [6.07, 6.45) is 4.37. The molecule has 5 heteroatoms. The van der Waals surface area contributed by atoms with Gasteiger partial charge in [0.2, 0.25) is 5.91 Å². The minimum atomic E-state index is -0.0680. The summed E-state index contributed by atoms with van der Waals surface area (Å²) in [4.78, 5) is 16.2. The molecule has 1 aromatic heterocycles. The Hall–Kier alpha value is -1.88. The number of nitrogens with zero attached hydrogens (tertiary/aromatic N) is 1. The van der Waals surface area contributed by atoms with Gasteiger partial charge in [-0.1, -0.05) is 41.4 Å². The van der Waals surface area contributed by atoms with Crippen molar-refractivity contribution in [3.63, 3.8) is 0 Å². The first-order valence-corrected chi connectivity index (χ1v) is 8.21. The maximum atomic E-state index is 12.0. The Bertz CT molecular complexity index is 596. The number of carbonyl (C=O) groups excluding carboxylic acids is 1.